The van der Waals surface area contributed by atoms with E-state index in [1.807, 2.05) is 41.3 Å². The fourth-order valence-electron chi connectivity index (χ4n) is 3.37. The topological polar surface area (TPSA) is 74.2 Å². The predicted molar refractivity (Wildman–Crippen MR) is 113 cm³/mol. The van der Waals surface area contributed by atoms with Gasteiger partial charge in [0, 0.05) is 45.1 Å². The zero-order chi connectivity index (χ0) is 19.9. The zero-order valence-electron chi connectivity index (χ0n) is 16.2. The molecule has 3 heterocycles. The highest BCUT2D eigenvalue weighted by atomic mass is 16.2. The molecule has 0 radical (unpaired) electrons. The molecule has 0 spiro atoms. The highest BCUT2D eigenvalue weighted by molar-refractivity contribution is 5.92. The van der Waals surface area contributed by atoms with Gasteiger partial charge in [-0.05, 0) is 30.2 Å². The molecule has 1 aromatic carbocycles. The Morgan fingerprint density at radius 2 is 1.69 bits per heavy atom. The molecule has 7 nitrogen and oxygen atoms in total. The summed E-state index contributed by atoms with van der Waals surface area (Å²) < 4.78 is 0. The van der Waals surface area contributed by atoms with Gasteiger partial charge in [-0.1, -0.05) is 36.4 Å². The number of hydrogen-bond donors (Lipinski definition) is 1. The van der Waals surface area contributed by atoms with E-state index in [2.05, 4.69) is 37.3 Å². The summed E-state index contributed by atoms with van der Waals surface area (Å²) in [5.41, 5.74) is 1.67. The molecule has 148 valence electrons. The summed E-state index contributed by atoms with van der Waals surface area (Å²) in [5, 5.41) is 3.21. The number of carbonyl (C=O) groups is 1. The van der Waals surface area contributed by atoms with Crippen molar-refractivity contribution in [1.82, 2.24) is 19.9 Å². The minimum absolute atomic E-state index is 0.0563. The van der Waals surface area contributed by atoms with Gasteiger partial charge in [0.15, 0.2) is 0 Å². The van der Waals surface area contributed by atoms with E-state index in [0.717, 1.165) is 25.3 Å². The summed E-state index contributed by atoms with van der Waals surface area (Å²) in [5.74, 6) is 1.38. The van der Waals surface area contributed by atoms with Gasteiger partial charge >= 0.3 is 0 Å². The lowest BCUT2D eigenvalue weighted by Gasteiger charge is -2.35. The van der Waals surface area contributed by atoms with Crippen molar-refractivity contribution < 1.29 is 4.79 Å². The second-order valence-corrected chi connectivity index (χ2v) is 6.90. The van der Waals surface area contributed by atoms with Crippen LogP contribution in [0.4, 0.5) is 11.8 Å². The quantitative estimate of drug-likeness (QED) is 0.699. The molecule has 4 rings (SSSR count). The van der Waals surface area contributed by atoms with E-state index in [-0.39, 0.29) is 5.91 Å². The third-order valence-electron chi connectivity index (χ3n) is 4.95. The van der Waals surface area contributed by atoms with Crippen LogP contribution in [0.3, 0.4) is 0 Å². The SMILES string of the molecule is O=C(c1ccnc(NCCc2ccccc2)n1)N1CCN(c2ccccn2)CC1. The van der Waals surface area contributed by atoms with Crippen molar-refractivity contribution in [2.75, 3.05) is 42.9 Å². The van der Waals surface area contributed by atoms with Crippen molar-refractivity contribution in [2.24, 2.45) is 0 Å². The van der Waals surface area contributed by atoms with Crippen molar-refractivity contribution in [1.29, 1.82) is 0 Å². The average Bonchev–Trinajstić information content (AvgIpc) is 2.80. The Bertz CT molecular complexity index is 926. The Kier molecular flexibility index (Phi) is 5.95. The molecule has 29 heavy (non-hydrogen) atoms. The number of benzene rings is 1. The molecule has 1 aliphatic rings. The number of carbonyl (C=O) groups excluding carboxylic acids is 1. The number of piperazine rings is 1. The van der Waals surface area contributed by atoms with Gasteiger partial charge in [0.2, 0.25) is 5.95 Å². The first-order chi connectivity index (χ1) is 14.3. The van der Waals surface area contributed by atoms with Gasteiger partial charge in [0.25, 0.3) is 5.91 Å². The van der Waals surface area contributed by atoms with E-state index >= 15 is 0 Å². The van der Waals surface area contributed by atoms with Gasteiger partial charge in [-0.25, -0.2) is 15.0 Å². The summed E-state index contributed by atoms with van der Waals surface area (Å²) >= 11 is 0. The van der Waals surface area contributed by atoms with Crippen molar-refractivity contribution in [2.45, 2.75) is 6.42 Å². The number of nitrogens with one attached hydrogen (secondary N) is 1. The van der Waals surface area contributed by atoms with Gasteiger partial charge in [0.05, 0.1) is 0 Å². The number of pyridine rings is 1. The maximum Gasteiger partial charge on any atom is 0.272 e. The van der Waals surface area contributed by atoms with Crippen LogP contribution in [0, 0.1) is 0 Å². The van der Waals surface area contributed by atoms with Crippen LogP contribution >= 0.6 is 0 Å². The summed E-state index contributed by atoms with van der Waals surface area (Å²) in [6, 6.07) is 17.8. The van der Waals surface area contributed by atoms with Crippen LogP contribution in [0.25, 0.3) is 0 Å². The molecule has 0 bridgehead atoms. The number of rotatable bonds is 6. The molecule has 1 fully saturated rings. The molecule has 1 saturated heterocycles. The van der Waals surface area contributed by atoms with Crippen LogP contribution in [0.5, 0.6) is 0 Å². The Morgan fingerprint density at radius 1 is 0.897 bits per heavy atom. The van der Waals surface area contributed by atoms with Gasteiger partial charge in [0.1, 0.15) is 11.5 Å². The normalized spacial score (nSPS) is 13.9. The Hall–Kier alpha value is -3.48. The third-order valence-corrected chi connectivity index (χ3v) is 4.95. The first-order valence-corrected chi connectivity index (χ1v) is 9.86. The van der Waals surface area contributed by atoms with E-state index in [4.69, 9.17) is 0 Å². The lowest BCUT2D eigenvalue weighted by molar-refractivity contribution is 0.0740. The Morgan fingerprint density at radius 3 is 2.45 bits per heavy atom. The lowest BCUT2D eigenvalue weighted by Crippen LogP contribution is -2.49. The van der Waals surface area contributed by atoms with Crippen LogP contribution in [-0.2, 0) is 6.42 Å². The molecular formula is C22H24N6O. The highest BCUT2D eigenvalue weighted by Gasteiger charge is 2.23. The second-order valence-electron chi connectivity index (χ2n) is 6.90. The maximum absolute atomic E-state index is 12.9. The van der Waals surface area contributed by atoms with E-state index in [1.54, 1.807) is 18.5 Å². The van der Waals surface area contributed by atoms with Crippen LogP contribution in [0.2, 0.25) is 0 Å². The molecule has 1 aliphatic heterocycles. The molecule has 7 heteroatoms. The second kappa shape index (κ2) is 9.14. The van der Waals surface area contributed by atoms with E-state index in [9.17, 15) is 4.79 Å². The number of amides is 1. The molecule has 0 atom stereocenters. The van der Waals surface area contributed by atoms with Crippen LogP contribution in [0.1, 0.15) is 16.1 Å². The summed E-state index contributed by atoms with van der Waals surface area (Å²) in [6.45, 7) is 3.53. The minimum Gasteiger partial charge on any atom is -0.354 e. The highest BCUT2D eigenvalue weighted by Crippen LogP contribution is 2.14. The van der Waals surface area contributed by atoms with Crippen molar-refractivity contribution in [3.63, 3.8) is 0 Å². The summed E-state index contributed by atoms with van der Waals surface area (Å²) in [6.07, 6.45) is 4.30. The molecular weight excluding hydrogens is 364 g/mol. The van der Waals surface area contributed by atoms with Gasteiger partial charge < -0.3 is 15.1 Å². The minimum atomic E-state index is -0.0563. The zero-order valence-corrected chi connectivity index (χ0v) is 16.2. The number of aromatic nitrogens is 3. The van der Waals surface area contributed by atoms with E-state index < -0.39 is 0 Å². The van der Waals surface area contributed by atoms with Crippen molar-refractivity contribution in [3.05, 3.63) is 78.2 Å². The van der Waals surface area contributed by atoms with Gasteiger partial charge in [-0.3, -0.25) is 4.79 Å². The first kappa shape index (κ1) is 18.9. The van der Waals surface area contributed by atoms with Crippen molar-refractivity contribution in [3.8, 4) is 0 Å². The molecule has 1 amide bonds. The van der Waals surface area contributed by atoms with Gasteiger partial charge in [-0.2, -0.15) is 0 Å². The maximum atomic E-state index is 12.9. The largest absolute Gasteiger partial charge is 0.354 e. The Balaban J connectivity index is 1.31. The first-order valence-electron chi connectivity index (χ1n) is 9.86. The fraction of sp³-hybridized carbons (Fsp3) is 0.273. The molecule has 0 saturated carbocycles. The van der Waals surface area contributed by atoms with E-state index in [0.29, 0.717) is 31.3 Å². The summed E-state index contributed by atoms with van der Waals surface area (Å²) in [4.78, 5) is 29.9. The summed E-state index contributed by atoms with van der Waals surface area (Å²) in [7, 11) is 0. The Labute approximate surface area is 170 Å². The fourth-order valence-corrected chi connectivity index (χ4v) is 3.37. The third kappa shape index (κ3) is 4.87. The van der Waals surface area contributed by atoms with Crippen LogP contribution in [0.15, 0.2) is 67.0 Å². The predicted octanol–water partition coefficient (Wildman–Crippen LogP) is 2.49. The van der Waals surface area contributed by atoms with Crippen molar-refractivity contribution >= 4 is 17.7 Å². The van der Waals surface area contributed by atoms with Crippen LogP contribution in [-0.4, -0.2) is 58.5 Å². The lowest BCUT2D eigenvalue weighted by atomic mass is 10.1. The number of hydrogen-bond acceptors (Lipinski definition) is 6. The standard InChI is InChI=1S/C22H24N6O/c29-21(28-16-14-27(15-17-28)20-8-4-5-11-23-20)19-10-13-25-22(26-19)24-12-9-18-6-2-1-3-7-18/h1-8,10-11,13H,9,12,14-17H2,(H,24,25,26). The molecule has 2 aromatic heterocycles. The number of anilines is 2. The number of nitrogens with zero attached hydrogens (tertiary/aromatic N) is 5. The van der Waals surface area contributed by atoms with Crippen LogP contribution < -0.4 is 10.2 Å². The van der Waals surface area contributed by atoms with Gasteiger partial charge in [-0.15, -0.1) is 0 Å². The molecule has 3 aromatic rings. The smallest absolute Gasteiger partial charge is 0.272 e. The monoisotopic (exact) mass is 388 g/mol. The molecule has 0 unspecified atom stereocenters. The molecule has 1 N–H and O–H groups in total. The molecule has 0 aliphatic carbocycles. The van der Waals surface area contributed by atoms with E-state index in [1.165, 1.54) is 5.56 Å². The average molecular weight is 388 g/mol.